The van der Waals surface area contributed by atoms with Gasteiger partial charge in [-0.1, -0.05) is 48.0 Å². The Balaban J connectivity index is 1.69. The van der Waals surface area contributed by atoms with Crippen molar-refractivity contribution in [2.24, 2.45) is 0 Å². The predicted molar refractivity (Wildman–Crippen MR) is 95.8 cm³/mol. The summed E-state index contributed by atoms with van der Waals surface area (Å²) in [5, 5.41) is 0.775. The summed E-state index contributed by atoms with van der Waals surface area (Å²) in [4.78, 5) is 1.73. The van der Waals surface area contributed by atoms with E-state index in [0.29, 0.717) is 18.0 Å². The normalized spacial score (nSPS) is 18.4. The summed E-state index contributed by atoms with van der Waals surface area (Å²) in [6.45, 7) is 4.76. The van der Waals surface area contributed by atoms with Crippen LogP contribution in [0.3, 0.4) is 0 Å². The van der Waals surface area contributed by atoms with Gasteiger partial charge in [-0.05, 0) is 25.1 Å². The smallest absolute Gasteiger partial charge is 0.243 e. The first-order chi connectivity index (χ1) is 11.5. The molecule has 0 unspecified atom stereocenters. The molecular formula is C18H22ClN2O2S+. The zero-order valence-corrected chi connectivity index (χ0v) is 15.2. The Morgan fingerprint density at radius 2 is 1.58 bits per heavy atom. The maximum Gasteiger partial charge on any atom is 0.243 e. The average molecular weight is 366 g/mol. The molecule has 1 heterocycles. The van der Waals surface area contributed by atoms with Crippen molar-refractivity contribution in [3.63, 3.8) is 0 Å². The van der Waals surface area contributed by atoms with Gasteiger partial charge in [0.2, 0.25) is 10.0 Å². The molecule has 1 aliphatic rings. The van der Waals surface area contributed by atoms with Crippen molar-refractivity contribution in [1.29, 1.82) is 0 Å². The van der Waals surface area contributed by atoms with E-state index < -0.39 is 10.0 Å². The first-order valence-corrected chi connectivity index (χ1v) is 9.96. The summed E-state index contributed by atoms with van der Waals surface area (Å²) in [6, 6.07) is 16.8. The maximum atomic E-state index is 12.7. The van der Waals surface area contributed by atoms with Crippen LogP contribution in [0, 0.1) is 0 Å². The van der Waals surface area contributed by atoms with Gasteiger partial charge in [0.15, 0.2) is 0 Å². The fourth-order valence-corrected chi connectivity index (χ4v) is 5.00. The summed E-state index contributed by atoms with van der Waals surface area (Å²) >= 11 is 6.30. The highest BCUT2D eigenvalue weighted by molar-refractivity contribution is 7.89. The third kappa shape index (κ3) is 3.49. The van der Waals surface area contributed by atoms with Crippen LogP contribution in [0.15, 0.2) is 59.5 Å². The molecule has 0 saturated carbocycles. The summed E-state index contributed by atoms with van der Waals surface area (Å²) in [5.74, 6) is 0. The quantitative estimate of drug-likeness (QED) is 0.900. The number of piperazine rings is 1. The molecule has 3 rings (SSSR count). The Labute approximate surface area is 148 Å². The Morgan fingerprint density at radius 1 is 1.00 bits per heavy atom. The predicted octanol–water partition coefficient (Wildman–Crippen LogP) is 1.99. The molecule has 1 N–H and O–H groups in total. The van der Waals surface area contributed by atoms with Gasteiger partial charge in [-0.2, -0.15) is 4.31 Å². The summed E-state index contributed by atoms with van der Waals surface area (Å²) in [5.41, 5.74) is 1.12. The van der Waals surface area contributed by atoms with E-state index in [2.05, 4.69) is 6.92 Å². The molecule has 0 amide bonds. The van der Waals surface area contributed by atoms with Gasteiger partial charge in [0.1, 0.15) is 6.04 Å². The average Bonchev–Trinajstić information content (AvgIpc) is 2.62. The third-order valence-corrected chi connectivity index (χ3v) is 6.99. The van der Waals surface area contributed by atoms with E-state index >= 15 is 0 Å². The number of nitrogens with zero attached hydrogens (tertiary/aromatic N) is 1. The van der Waals surface area contributed by atoms with E-state index in [0.717, 1.165) is 23.7 Å². The summed E-state index contributed by atoms with van der Waals surface area (Å²) in [6.07, 6.45) is 0. The molecule has 1 aliphatic heterocycles. The molecule has 1 saturated heterocycles. The molecule has 0 aliphatic carbocycles. The number of benzene rings is 2. The number of hydrogen-bond donors (Lipinski definition) is 1. The zero-order chi connectivity index (χ0) is 17.2. The van der Waals surface area contributed by atoms with Gasteiger partial charge in [-0.3, -0.25) is 0 Å². The fraction of sp³-hybridized carbons (Fsp3) is 0.333. The summed E-state index contributed by atoms with van der Waals surface area (Å²) < 4.78 is 27.0. The standard InChI is InChI=1S/C18H21ClN2O2S/c1-15(17-9-5-6-10-18(17)19)20-11-13-21(14-12-20)24(22,23)16-7-3-2-4-8-16/h2-10,15H,11-14H2,1H3/p+1/t15-/m1/s1. The molecule has 4 nitrogen and oxygen atoms in total. The van der Waals surface area contributed by atoms with Crippen LogP contribution >= 0.6 is 11.6 Å². The molecule has 6 heteroatoms. The molecule has 2 aromatic carbocycles. The van der Waals surface area contributed by atoms with Crippen LogP contribution in [-0.4, -0.2) is 38.9 Å². The number of rotatable bonds is 4. The van der Waals surface area contributed by atoms with Crippen LogP contribution in [-0.2, 0) is 10.0 Å². The third-order valence-electron chi connectivity index (χ3n) is 4.73. The molecule has 0 bridgehead atoms. The van der Waals surface area contributed by atoms with E-state index in [1.165, 1.54) is 4.90 Å². The van der Waals surface area contributed by atoms with Crippen molar-refractivity contribution in [3.05, 3.63) is 65.2 Å². The van der Waals surface area contributed by atoms with Gasteiger partial charge >= 0.3 is 0 Å². The van der Waals surface area contributed by atoms with Crippen molar-refractivity contribution in [1.82, 2.24) is 4.31 Å². The van der Waals surface area contributed by atoms with E-state index in [9.17, 15) is 8.42 Å². The second kappa shape index (κ2) is 7.23. The van der Waals surface area contributed by atoms with Gasteiger partial charge in [0.25, 0.3) is 0 Å². The van der Waals surface area contributed by atoms with Gasteiger partial charge in [0, 0.05) is 10.6 Å². The van der Waals surface area contributed by atoms with Gasteiger partial charge in [-0.25, -0.2) is 8.42 Å². The molecule has 0 radical (unpaired) electrons. The fourth-order valence-electron chi connectivity index (χ4n) is 3.23. The second-order valence-electron chi connectivity index (χ2n) is 6.12. The van der Waals surface area contributed by atoms with Gasteiger partial charge in [-0.15, -0.1) is 0 Å². The zero-order valence-electron chi connectivity index (χ0n) is 13.7. The number of hydrogen-bond acceptors (Lipinski definition) is 2. The van der Waals surface area contributed by atoms with E-state index in [-0.39, 0.29) is 6.04 Å². The minimum Gasteiger partial charge on any atom is -0.327 e. The minimum atomic E-state index is -3.39. The molecule has 1 atom stereocenters. The Bertz CT molecular complexity index is 788. The van der Waals surface area contributed by atoms with Gasteiger partial charge < -0.3 is 4.90 Å². The Kier molecular flexibility index (Phi) is 5.25. The lowest BCUT2D eigenvalue weighted by molar-refractivity contribution is -0.933. The SMILES string of the molecule is C[C@H](c1ccccc1Cl)[NH+]1CCN(S(=O)(=O)c2ccccc2)CC1. The first kappa shape index (κ1) is 17.4. The highest BCUT2D eigenvalue weighted by atomic mass is 35.5. The van der Waals surface area contributed by atoms with Crippen molar-refractivity contribution >= 4 is 21.6 Å². The van der Waals surface area contributed by atoms with Crippen molar-refractivity contribution in [3.8, 4) is 0 Å². The minimum absolute atomic E-state index is 0.250. The Morgan fingerprint density at radius 3 is 2.21 bits per heavy atom. The number of sulfonamides is 1. The van der Waals surface area contributed by atoms with Crippen LogP contribution in [0.1, 0.15) is 18.5 Å². The number of halogens is 1. The summed E-state index contributed by atoms with van der Waals surface area (Å²) in [7, 11) is -3.39. The topological polar surface area (TPSA) is 41.8 Å². The number of nitrogens with one attached hydrogen (secondary N) is 1. The van der Waals surface area contributed by atoms with E-state index in [1.54, 1.807) is 28.6 Å². The first-order valence-electron chi connectivity index (χ1n) is 8.14. The van der Waals surface area contributed by atoms with Crippen molar-refractivity contribution < 1.29 is 13.3 Å². The van der Waals surface area contributed by atoms with Crippen molar-refractivity contribution in [2.75, 3.05) is 26.2 Å². The van der Waals surface area contributed by atoms with Crippen LogP contribution < -0.4 is 4.90 Å². The van der Waals surface area contributed by atoms with E-state index in [4.69, 9.17) is 11.6 Å². The largest absolute Gasteiger partial charge is 0.327 e. The highest BCUT2D eigenvalue weighted by Crippen LogP contribution is 2.21. The second-order valence-corrected chi connectivity index (χ2v) is 8.46. The molecule has 24 heavy (non-hydrogen) atoms. The number of quaternary nitrogens is 1. The highest BCUT2D eigenvalue weighted by Gasteiger charge is 2.32. The van der Waals surface area contributed by atoms with Gasteiger partial charge in [0.05, 0.1) is 31.1 Å². The molecule has 128 valence electrons. The van der Waals surface area contributed by atoms with Crippen LogP contribution in [0.25, 0.3) is 0 Å². The lowest BCUT2D eigenvalue weighted by Gasteiger charge is -2.35. The maximum absolute atomic E-state index is 12.7. The Hall–Kier alpha value is -1.40. The lowest BCUT2D eigenvalue weighted by atomic mass is 10.1. The monoisotopic (exact) mass is 365 g/mol. The molecule has 0 spiro atoms. The van der Waals surface area contributed by atoms with Crippen LogP contribution in [0.4, 0.5) is 0 Å². The van der Waals surface area contributed by atoms with Crippen LogP contribution in [0.2, 0.25) is 5.02 Å². The molecular weight excluding hydrogens is 344 g/mol. The molecule has 2 aromatic rings. The lowest BCUT2D eigenvalue weighted by Crippen LogP contribution is -3.14. The van der Waals surface area contributed by atoms with Crippen molar-refractivity contribution in [2.45, 2.75) is 17.9 Å². The van der Waals surface area contributed by atoms with E-state index in [1.807, 2.05) is 30.3 Å². The van der Waals surface area contributed by atoms with Crippen LogP contribution in [0.5, 0.6) is 0 Å². The molecule has 1 fully saturated rings. The molecule has 0 aromatic heterocycles.